The minimum atomic E-state index is -1.03. The topological polar surface area (TPSA) is 77.4 Å². The van der Waals surface area contributed by atoms with Crippen molar-refractivity contribution in [2.75, 3.05) is 13.2 Å². The third kappa shape index (κ3) is 6.63. The standard InChI is InChI=1S/C37H64O6/c1-24(12-15-32(38)35(2,3)39)27-13-14-28-26-23-31(43-34-11-7-9-21-41-34)30-22-25(42-33-10-6-8-20-40-33)16-18-37(30,5)29(26)17-19-36(27,28)4/h24-34,38-39H,6-23H2,1-5H3/t24-,25-,26+,27-,28+,29+,30+,31+,32-,33?,34?,36-,37-/m1/s1. The first-order chi connectivity index (χ1) is 20.5. The summed E-state index contributed by atoms with van der Waals surface area (Å²) in [5.41, 5.74) is -0.385. The highest BCUT2D eigenvalue weighted by Gasteiger charge is 2.63. The third-order valence-corrected chi connectivity index (χ3v) is 14.0. The molecule has 6 heteroatoms. The smallest absolute Gasteiger partial charge is 0.157 e. The fourth-order valence-corrected chi connectivity index (χ4v) is 11.5. The van der Waals surface area contributed by atoms with Crippen LogP contribution in [0.2, 0.25) is 0 Å². The zero-order chi connectivity index (χ0) is 30.4. The number of fused-ring (bicyclic) bond motifs is 5. The maximum Gasteiger partial charge on any atom is 0.157 e. The lowest BCUT2D eigenvalue weighted by Gasteiger charge is -2.63. The highest BCUT2D eigenvalue weighted by molar-refractivity contribution is 5.12. The first-order valence-electron chi connectivity index (χ1n) is 18.4. The van der Waals surface area contributed by atoms with Gasteiger partial charge in [0, 0.05) is 13.2 Å². The van der Waals surface area contributed by atoms with Crippen molar-refractivity contribution in [2.24, 2.45) is 46.3 Å². The maximum absolute atomic E-state index is 10.6. The van der Waals surface area contributed by atoms with Gasteiger partial charge in [-0.2, -0.15) is 0 Å². The molecule has 0 radical (unpaired) electrons. The lowest BCUT2D eigenvalue weighted by atomic mass is 9.43. The van der Waals surface area contributed by atoms with Crippen molar-refractivity contribution in [3.05, 3.63) is 0 Å². The second-order valence-corrected chi connectivity index (χ2v) is 17.0. The first-order valence-corrected chi connectivity index (χ1v) is 18.4. The van der Waals surface area contributed by atoms with Crippen molar-refractivity contribution in [1.29, 1.82) is 0 Å². The van der Waals surface area contributed by atoms with Gasteiger partial charge in [-0.05, 0) is 163 Å². The molecule has 2 N–H and O–H groups in total. The van der Waals surface area contributed by atoms with E-state index in [2.05, 4.69) is 20.8 Å². The molecule has 0 aromatic heterocycles. The number of hydrogen-bond acceptors (Lipinski definition) is 6. The van der Waals surface area contributed by atoms with Crippen LogP contribution in [-0.2, 0) is 18.9 Å². The normalized spacial score (nSPS) is 46.8. The first kappa shape index (κ1) is 32.7. The molecule has 0 amide bonds. The molecule has 2 heterocycles. The van der Waals surface area contributed by atoms with Crippen molar-refractivity contribution < 1.29 is 29.2 Å². The second-order valence-electron chi connectivity index (χ2n) is 17.0. The zero-order valence-corrected chi connectivity index (χ0v) is 28.1. The van der Waals surface area contributed by atoms with Gasteiger partial charge in [0.15, 0.2) is 12.6 Å². The monoisotopic (exact) mass is 604 g/mol. The number of aliphatic hydroxyl groups excluding tert-OH is 1. The summed E-state index contributed by atoms with van der Waals surface area (Å²) in [6.45, 7) is 12.8. The van der Waals surface area contributed by atoms with Crippen LogP contribution in [-0.4, -0.2) is 59.9 Å². The molecule has 6 fully saturated rings. The van der Waals surface area contributed by atoms with Gasteiger partial charge in [-0.3, -0.25) is 0 Å². The summed E-state index contributed by atoms with van der Waals surface area (Å²) in [6.07, 6.45) is 18.2. The lowest BCUT2D eigenvalue weighted by molar-refractivity contribution is -0.261. The molecule has 248 valence electrons. The molecule has 0 aromatic rings. The summed E-state index contributed by atoms with van der Waals surface area (Å²) in [7, 11) is 0. The molecule has 0 bridgehead atoms. The Morgan fingerprint density at radius 1 is 0.767 bits per heavy atom. The van der Waals surface area contributed by atoms with Crippen LogP contribution in [0.25, 0.3) is 0 Å². The van der Waals surface area contributed by atoms with E-state index in [1.54, 1.807) is 13.8 Å². The van der Waals surface area contributed by atoms with E-state index < -0.39 is 11.7 Å². The molecule has 2 unspecified atom stereocenters. The van der Waals surface area contributed by atoms with Gasteiger partial charge in [-0.25, -0.2) is 0 Å². The summed E-state index contributed by atoms with van der Waals surface area (Å²) in [4.78, 5) is 0. The van der Waals surface area contributed by atoms with Crippen molar-refractivity contribution in [3.63, 3.8) is 0 Å². The van der Waals surface area contributed by atoms with Gasteiger partial charge in [-0.15, -0.1) is 0 Å². The Kier molecular flexibility index (Phi) is 9.96. The van der Waals surface area contributed by atoms with Gasteiger partial charge >= 0.3 is 0 Å². The van der Waals surface area contributed by atoms with Gasteiger partial charge in [0.25, 0.3) is 0 Å². The Labute approximate surface area is 262 Å². The number of ether oxygens (including phenoxy) is 4. The molecule has 6 nitrogen and oxygen atoms in total. The molecule has 4 saturated carbocycles. The maximum atomic E-state index is 10.6. The van der Waals surface area contributed by atoms with E-state index in [0.717, 1.165) is 70.0 Å². The minimum absolute atomic E-state index is 0.0159. The molecule has 13 atom stereocenters. The van der Waals surface area contributed by atoms with Crippen LogP contribution >= 0.6 is 0 Å². The predicted molar refractivity (Wildman–Crippen MR) is 168 cm³/mol. The van der Waals surface area contributed by atoms with Crippen molar-refractivity contribution in [3.8, 4) is 0 Å². The molecule has 6 rings (SSSR count). The Balaban J connectivity index is 1.19. The quantitative estimate of drug-likeness (QED) is 0.264. The Hall–Kier alpha value is -0.240. The molecular weight excluding hydrogens is 540 g/mol. The van der Waals surface area contributed by atoms with Gasteiger partial charge in [-0.1, -0.05) is 20.8 Å². The van der Waals surface area contributed by atoms with Gasteiger partial charge in [0.1, 0.15) is 0 Å². The van der Waals surface area contributed by atoms with Crippen LogP contribution in [0.4, 0.5) is 0 Å². The van der Waals surface area contributed by atoms with Crippen molar-refractivity contribution in [2.45, 2.75) is 174 Å². The summed E-state index contributed by atoms with van der Waals surface area (Å²) in [5, 5.41) is 20.9. The molecular formula is C37H64O6. The third-order valence-electron chi connectivity index (χ3n) is 14.0. The van der Waals surface area contributed by atoms with E-state index in [1.807, 2.05) is 0 Å². The van der Waals surface area contributed by atoms with Gasteiger partial charge < -0.3 is 29.2 Å². The van der Waals surface area contributed by atoms with E-state index >= 15 is 0 Å². The van der Waals surface area contributed by atoms with Crippen LogP contribution in [0, 0.1) is 46.3 Å². The van der Waals surface area contributed by atoms with Crippen molar-refractivity contribution in [1.82, 2.24) is 0 Å². The summed E-state index contributed by atoms with van der Waals surface area (Å²) in [6, 6.07) is 0. The fraction of sp³-hybridized carbons (Fsp3) is 1.00. The van der Waals surface area contributed by atoms with Gasteiger partial charge in [0.2, 0.25) is 0 Å². The molecule has 2 saturated heterocycles. The minimum Gasteiger partial charge on any atom is -0.390 e. The van der Waals surface area contributed by atoms with Crippen molar-refractivity contribution >= 4 is 0 Å². The molecule has 4 aliphatic carbocycles. The highest BCUT2D eigenvalue weighted by atomic mass is 16.7. The van der Waals surface area contributed by atoms with Crippen LogP contribution in [0.5, 0.6) is 0 Å². The fourth-order valence-electron chi connectivity index (χ4n) is 11.5. The van der Waals surface area contributed by atoms with E-state index in [9.17, 15) is 10.2 Å². The van der Waals surface area contributed by atoms with E-state index in [1.165, 1.54) is 51.4 Å². The average molecular weight is 605 g/mol. The Bertz CT molecular complexity index is 907. The van der Waals surface area contributed by atoms with Crippen LogP contribution < -0.4 is 0 Å². The van der Waals surface area contributed by atoms with Crippen LogP contribution in [0.3, 0.4) is 0 Å². The number of hydrogen-bond donors (Lipinski definition) is 2. The van der Waals surface area contributed by atoms with Gasteiger partial charge in [0.05, 0.1) is 23.9 Å². The Morgan fingerprint density at radius 3 is 2.07 bits per heavy atom. The SMILES string of the molecule is C[C@H](CC[C@@H](O)C(C)(C)O)[C@H]1CC[C@H]2[C@@H]3C[C@H](OC4CCCCO4)[C@@H]4C[C@H](OC5CCCCO5)CC[C@]4(C)[C@H]3CC[C@]12C. The molecule has 43 heavy (non-hydrogen) atoms. The largest absolute Gasteiger partial charge is 0.390 e. The van der Waals surface area contributed by atoms with Crippen LogP contribution in [0.1, 0.15) is 137 Å². The molecule has 0 aromatic carbocycles. The van der Waals surface area contributed by atoms with E-state index in [-0.39, 0.29) is 30.2 Å². The molecule has 2 aliphatic heterocycles. The van der Waals surface area contributed by atoms with E-state index in [0.29, 0.717) is 35.5 Å². The number of aliphatic hydroxyl groups is 2. The molecule has 6 aliphatic rings. The second kappa shape index (κ2) is 13.1. The number of rotatable bonds is 9. The highest BCUT2D eigenvalue weighted by Crippen LogP contribution is 2.69. The zero-order valence-electron chi connectivity index (χ0n) is 28.1. The Morgan fingerprint density at radius 2 is 1.42 bits per heavy atom. The predicted octanol–water partition coefficient (Wildman–Crippen LogP) is 7.63. The molecule has 0 spiro atoms. The van der Waals surface area contributed by atoms with Crippen LogP contribution in [0.15, 0.2) is 0 Å². The average Bonchev–Trinajstić information content (AvgIpc) is 3.34. The summed E-state index contributed by atoms with van der Waals surface area (Å²) in [5.74, 6) is 4.00. The van der Waals surface area contributed by atoms with E-state index in [4.69, 9.17) is 18.9 Å². The summed E-state index contributed by atoms with van der Waals surface area (Å²) < 4.78 is 25.9. The lowest BCUT2D eigenvalue weighted by Crippen LogP contribution is -2.59. The summed E-state index contributed by atoms with van der Waals surface area (Å²) >= 11 is 0.